The lowest BCUT2D eigenvalue weighted by Gasteiger charge is -2.06. The second-order valence-corrected chi connectivity index (χ2v) is 5.60. The Balaban J connectivity index is 2.42. The Morgan fingerprint density at radius 1 is 1.31 bits per heavy atom. The third kappa shape index (κ3) is 4.50. The van der Waals surface area contributed by atoms with Crippen molar-refractivity contribution in [3.63, 3.8) is 0 Å². The number of rotatable bonds is 6. The number of anilines is 1. The summed E-state index contributed by atoms with van der Waals surface area (Å²) in [6.45, 7) is -0.299. The van der Waals surface area contributed by atoms with E-state index in [1.165, 1.54) is 0 Å². The summed E-state index contributed by atoms with van der Waals surface area (Å²) in [5.41, 5.74) is 6.10. The first-order valence-corrected chi connectivity index (χ1v) is 6.65. The maximum atomic E-state index is 11.2. The Kier molecular flexibility index (Phi) is 4.57. The van der Waals surface area contributed by atoms with Crippen molar-refractivity contribution in [1.82, 2.24) is 0 Å². The fourth-order valence-electron chi connectivity index (χ4n) is 1.13. The average molecular weight is 245 g/mol. The van der Waals surface area contributed by atoms with Crippen LogP contribution in [0.2, 0.25) is 0 Å². The summed E-state index contributed by atoms with van der Waals surface area (Å²) in [6, 6.07) is 6.77. The van der Waals surface area contributed by atoms with Crippen LogP contribution in [-0.2, 0) is 9.84 Å². The monoisotopic (exact) mass is 245 g/mol. The number of sulfone groups is 1. The van der Waals surface area contributed by atoms with Gasteiger partial charge in [-0.2, -0.15) is 0 Å². The number of hydrogen-bond donors (Lipinski definition) is 2. The van der Waals surface area contributed by atoms with Crippen LogP contribution >= 0.6 is 0 Å². The third-order valence-electron chi connectivity index (χ3n) is 1.92. The topological polar surface area (TPSA) is 89.6 Å². The molecular formula is C10H15NO4S. The molecule has 0 atom stereocenters. The molecule has 0 spiro atoms. The smallest absolute Gasteiger partial charge is 0.155 e. The normalized spacial score (nSPS) is 11.3. The van der Waals surface area contributed by atoms with Crippen LogP contribution in [0.5, 0.6) is 5.75 Å². The lowest BCUT2D eigenvalue weighted by molar-refractivity contribution is 0.317. The summed E-state index contributed by atoms with van der Waals surface area (Å²) < 4.78 is 27.7. The molecule has 0 unspecified atom stereocenters. The first-order valence-electron chi connectivity index (χ1n) is 4.83. The second kappa shape index (κ2) is 5.72. The van der Waals surface area contributed by atoms with E-state index < -0.39 is 9.84 Å². The molecule has 3 N–H and O–H groups in total. The van der Waals surface area contributed by atoms with Gasteiger partial charge in [0.15, 0.2) is 9.84 Å². The van der Waals surface area contributed by atoms with E-state index in [0.717, 1.165) is 0 Å². The van der Waals surface area contributed by atoms with E-state index in [4.69, 9.17) is 15.6 Å². The van der Waals surface area contributed by atoms with Crippen molar-refractivity contribution < 1.29 is 18.3 Å². The van der Waals surface area contributed by atoms with Gasteiger partial charge in [-0.15, -0.1) is 0 Å². The summed E-state index contributed by atoms with van der Waals surface area (Å²) in [5.74, 6) is 0.203. The molecule has 90 valence electrons. The zero-order valence-corrected chi connectivity index (χ0v) is 9.61. The molecule has 0 heterocycles. The second-order valence-electron chi connectivity index (χ2n) is 3.30. The van der Waals surface area contributed by atoms with Gasteiger partial charge in [0.05, 0.1) is 18.1 Å². The summed E-state index contributed by atoms with van der Waals surface area (Å²) in [7, 11) is -3.22. The predicted octanol–water partition coefficient (Wildman–Crippen LogP) is 0.0547. The van der Waals surface area contributed by atoms with E-state index in [0.29, 0.717) is 11.4 Å². The average Bonchev–Trinajstić information content (AvgIpc) is 2.17. The van der Waals surface area contributed by atoms with Crippen molar-refractivity contribution in [3.8, 4) is 5.75 Å². The summed E-state index contributed by atoms with van der Waals surface area (Å²) >= 11 is 0. The van der Waals surface area contributed by atoms with E-state index in [1.54, 1.807) is 24.3 Å². The molecule has 0 radical (unpaired) electrons. The van der Waals surface area contributed by atoms with Gasteiger partial charge in [0.1, 0.15) is 12.4 Å². The zero-order valence-electron chi connectivity index (χ0n) is 8.80. The molecule has 0 aliphatic carbocycles. The van der Waals surface area contributed by atoms with Crippen LogP contribution in [0.25, 0.3) is 0 Å². The van der Waals surface area contributed by atoms with Crippen LogP contribution in [0, 0.1) is 0 Å². The highest BCUT2D eigenvalue weighted by Gasteiger charge is 2.09. The quantitative estimate of drug-likeness (QED) is 0.691. The van der Waals surface area contributed by atoms with E-state index >= 15 is 0 Å². The van der Waals surface area contributed by atoms with Crippen molar-refractivity contribution in [2.75, 3.05) is 30.5 Å². The van der Waals surface area contributed by atoms with Crippen molar-refractivity contribution in [3.05, 3.63) is 24.3 Å². The maximum absolute atomic E-state index is 11.2. The van der Waals surface area contributed by atoms with Gasteiger partial charge in [-0.25, -0.2) is 8.42 Å². The summed E-state index contributed by atoms with van der Waals surface area (Å²) in [4.78, 5) is 0. The zero-order chi connectivity index (χ0) is 12.0. The molecule has 1 rings (SSSR count). The molecule has 5 nitrogen and oxygen atoms in total. The number of nitrogen functional groups attached to an aromatic ring is 1. The van der Waals surface area contributed by atoms with Gasteiger partial charge in [0, 0.05) is 11.8 Å². The molecule has 0 fully saturated rings. The molecule has 16 heavy (non-hydrogen) atoms. The Labute approximate surface area is 94.8 Å². The van der Waals surface area contributed by atoms with Crippen LogP contribution in [0.3, 0.4) is 0 Å². The Hall–Kier alpha value is -1.27. The van der Waals surface area contributed by atoms with Gasteiger partial charge >= 0.3 is 0 Å². The summed E-state index contributed by atoms with van der Waals surface area (Å²) in [6.07, 6.45) is 0. The first kappa shape index (κ1) is 12.8. The fourth-order valence-corrected chi connectivity index (χ4v) is 1.95. The number of nitrogens with two attached hydrogens (primary N) is 1. The molecule has 0 aliphatic rings. The molecule has 0 aliphatic heterocycles. The van der Waals surface area contributed by atoms with Crippen molar-refractivity contribution in [2.45, 2.75) is 0 Å². The van der Waals surface area contributed by atoms with Crippen molar-refractivity contribution >= 4 is 15.5 Å². The van der Waals surface area contributed by atoms with E-state index in [9.17, 15) is 8.42 Å². The maximum Gasteiger partial charge on any atom is 0.155 e. The highest BCUT2D eigenvalue weighted by Crippen LogP contribution is 2.14. The number of ether oxygens (including phenoxy) is 1. The van der Waals surface area contributed by atoms with E-state index in [1.807, 2.05) is 0 Å². The minimum absolute atomic E-state index is 0.0613. The molecule has 1 aromatic rings. The minimum atomic E-state index is -3.22. The molecule has 0 bridgehead atoms. The van der Waals surface area contributed by atoms with Crippen LogP contribution in [0.15, 0.2) is 24.3 Å². The van der Waals surface area contributed by atoms with Gasteiger partial charge in [0.2, 0.25) is 0 Å². The van der Waals surface area contributed by atoms with Crippen LogP contribution in [0.4, 0.5) is 5.69 Å². The highest BCUT2D eigenvalue weighted by atomic mass is 32.2. The number of benzene rings is 1. The van der Waals surface area contributed by atoms with Crippen LogP contribution in [-0.4, -0.2) is 38.2 Å². The Morgan fingerprint density at radius 2 is 2.06 bits per heavy atom. The highest BCUT2D eigenvalue weighted by molar-refractivity contribution is 7.91. The SMILES string of the molecule is Nc1cccc(OCCS(=O)(=O)CCO)c1. The first-order chi connectivity index (χ1) is 7.53. The van der Waals surface area contributed by atoms with E-state index in [2.05, 4.69) is 0 Å². The van der Waals surface area contributed by atoms with Gasteiger partial charge < -0.3 is 15.6 Å². The standard InChI is InChI=1S/C10H15NO4S/c11-9-2-1-3-10(8-9)15-5-7-16(13,14)6-4-12/h1-3,8,12H,4-7,11H2. The van der Waals surface area contributed by atoms with Crippen molar-refractivity contribution in [1.29, 1.82) is 0 Å². The number of hydrogen-bond acceptors (Lipinski definition) is 5. The van der Waals surface area contributed by atoms with E-state index in [-0.39, 0.29) is 24.7 Å². The molecule has 0 aromatic heterocycles. The largest absolute Gasteiger partial charge is 0.492 e. The number of aliphatic hydroxyl groups excluding tert-OH is 1. The molecule has 1 aromatic carbocycles. The van der Waals surface area contributed by atoms with Crippen molar-refractivity contribution in [2.24, 2.45) is 0 Å². The van der Waals surface area contributed by atoms with Gasteiger partial charge in [0.25, 0.3) is 0 Å². The predicted molar refractivity (Wildman–Crippen MR) is 62.1 cm³/mol. The van der Waals surface area contributed by atoms with Gasteiger partial charge in [-0.1, -0.05) is 6.07 Å². The molecular weight excluding hydrogens is 230 g/mol. The molecule has 6 heteroatoms. The molecule has 0 saturated carbocycles. The Bertz CT molecular complexity index is 430. The minimum Gasteiger partial charge on any atom is -0.492 e. The number of aliphatic hydroxyl groups is 1. The fraction of sp³-hybridized carbons (Fsp3) is 0.400. The molecule has 0 saturated heterocycles. The van der Waals surface area contributed by atoms with Gasteiger partial charge in [-0.05, 0) is 12.1 Å². The van der Waals surface area contributed by atoms with Crippen LogP contribution in [0.1, 0.15) is 0 Å². The lowest BCUT2D eigenvalue weighted by atomic mass is 10.3. The molecule has 0 amide bonds. The van der Waals surface area contributed by atoms with Gasteiger partial charge in [-0.3, -0.25) is 0 Å². The third-order valence-corrected chi connectivity index (χ3v) is 3.52. The Morgan fingerprint density at radius 3 is 2.69 bits per heavy atom. The lowest BCUT2D eigenvalue weighted by Crippen LogP contribution is -2.18. The van der Waals surface area contributed by atoms with Crippen LogP contribution < -0.4 is 10.5 Å². The summed E-state index contributed by atoms with van der Waals surface area (Å²) in [5, 5.41) is 8.52.